The summed E-state index contributed by atoms with van der Waals surface area (Å²) in [6, 6.07) is 16.8. The number of imidazole rings is 1. The Morgan fingerprint density at radius 1 is 0.976 bits per heavy atom. The summed E-state index contributed by atoms with van der Waals surface area (Å²) in [4.78, 5) is 14.2. The van der Waals surface area contributed by atoms with Crippen LogP contribution in [0.4, 0.5) is 11.6 Å². The quantitative estimate of drug-likeness (QED) is 0.226. The van der Waals surface area contributed by atoms with Gasteiger partial charge >= 0.3 is 0 Å². The van der Waals surface area contributed by atoms with E-state index in [1.54, 1.807) is 18.3 Å². The van der Waals surface area contributed by atoms with Gasteiger partial charge in [-0.2, -0.15) is 5.26 Å². The van der Waals surface area contributed by atoms with Crippen molar-refractivity contribution < 1.29 is 4.43 Å². The lowest BCUT2D eigenvalue weighted by atomic mass is 9.92. The van der Waals surface area contributed by atoms with Crippen molar-refractivity contribution in [3.8, 4) is 17.3 Å². The third-order valence-corrected chi connectivity index (χ3v) is 13.7. The average Bonchev–Trinajstić information content (AvgIpc) is 3.72. The van der Waals surface area contributed by atoms with E-state index in [4.69, 9.17) is 14.4 Å². The van der Waals surface area contributed by atoms with Crippen molar-refractivity contribution in [3.05, 3.63) is 66.1 Å². The second-order valence-electron chi connectivity index (χ2n) is 13.2. The van der Waals surface area contributed by atoms with Crippen molar-refractivity contribution in [3.63, 3.8) is 0 Å². The van der Waals surface area contributed by atoms with Gasteiger partial charge in [0.2, 0.25) is 0 Å². The van der Waals surface area contributed by atoms with Crippen LogP contribution in [0, 0.1) is 11.3 Å². The number of nitriles is 1. The maximum atomic E-state index is 9.28. The molecule has 4 aromatic rings. The van der Waals surface area contributed by atoms with Crippen LogP contribution in [0.2, 0.25) is 18.1 Å². The second kappa shape index (κ2) is 10.7. The number of nitrogens with zero attached hydrogens (tertiary/aromatic N) is 5. The minimum atomic E-state index is -1.88. The number of anilines is 2. The number of nitrogens with one attached hydrogen (secondary N) is 1. The third kappa shape index (κ3) is 5.79. The molecule has 212 valence electrons. The summed E-state index contributed by atoms with van der Waals surface area (Å²) in [5.41, 5.74) is 5.95. The normalized spacial score (nSPS) is 19.7. The minimum Gasteiger partial charge on any atom is -0.412 e. The van der Waals surface area contributed by atoms with Gasteiger partial charge in [0.05, 0.1) is 46.8 Å². The van der Waals surface area contributed by atoms with Gasteiger partial charge in [0, 0.05) is 11.8 Å². The molecule has 1 N–H and O–H groups in total. The summed E-state index contributed by atoms with van der Waals surface area (Å²) in [5.74, 6) is 1.93. The maximum Gasteiger partial charge on any atom is 0.192 e. The summed E-state index contributed by atoms with van der Waals surface area (Å²) in [6.45, 7) is 11.7. The summed E-state index contributed by atoms with van der Waals surface area (Å²) in [6.07, 6.45) is 11.0. The Kier molecular flexibility index (Phi) is 7.21. The molecule has 41 heavy (non-hydrogen) atoms. The van der Waals surface area contributed by atoms with E-state index in [-0.39, 0.29) is 11.1 Å². The highest BCUT2D eigenvalue weighted by atomic mass is 28.4. The topological polar surface area (TPSA) is 88.6 Å². The predicted molar refractivity (Wildman–Crippen MR) is 167 cm³/mol. The first kappa shape index (κ1) is 27.6. The number of benzene rings is 1. The Labute approximate surface area is 244 Å². The standard InChI is InChI=1S/C33H40N6OSi/c1-33(2,3)41(4,5)40-30-9-7-6-8-29(30)39-21-36-27-17-24(12-13-28(27)39)26-18-25(23-10-11-23)19-32(37-26)38-31-16-22(20-34)14-15-35-31/h12-19,21,23,29-30H,6-11H2,1-5H3,(H,35,37,38)/t29-,30-/m1/s1. The number of pyridine rings is 2. The molecule has 0 spiro atoms. The van der Waals surface area contributed by atoms with Gasteiger partial charge in [-0.15, -0.1) is 0 Å². The van der Waals surface area contributed by atoms with Crippen LogP contribution >= 0.6 is 0 Å². The molecule has 0 radical (unpaired) electrons. The Balaban J connectivity index is 1.31. The molecule has 2 saturated carbocycles. The Morgan fingerprint density at radius 2 is 1.78 bits per heavy atom. The molecule has 0 aliphatic heterocycles. The Hall–Kier alpha value is -3.54. The van der Waals surface area contributed by atoms with Crippen molar-refractivity contribution in [2.75, 3.05) is 5.32 Å². The van der Waals surface area contributed by atoms with E-state index >= 15 is 0 Å². The van der Waals surface area contributed by atoms with E-state index < -0.39 is 8.32 Å². The number of aromatic nitrogens is 4. The molecule has 0 saturated heterocycles. The van der Waals surface area contributed by atoms with Crippen molar-refractivity contribution in [1.82, 2.24) is 19.5 Å². The first-order valence-corrected chi connectivity index (χ1v) is 17.8. The summed E-state index contributed by atoms with van der Waals surface area (Å²) in [5, 5.41) is 12.8. The fraction of sp³-hybridized carbons (Fsp3) is 0.455. The van der Waals surface area contributed by atoms with Gasteiger partial charge in [0.15, 0.2) is 8.32 Å². The zero-order valence-electron chi connectivity index (χ0n) is 24.8. The molecule has 2 atom stereocenters. The largest absolute Gasteiger partial charge is 0.412 e. The molecule has 0 bridgehead atoms. The van der Waals surface area contributed by atoms with Crippen LogP contribution in [-0.4, -0.2) is 33.9 Å². The van der Waals surface area contributed by atoms with Crippen LogP contribution in [0.1, 0.15) is 82.4 Å². The van der Waals surface area contributed by atoms with E-state index in [0.717, 1.165) is 41.0 Å². The van der Waals surface area contributed by atoms with E-state index in [2.05, 4.69) is 85.1 Å². The molecule has 6 rings (SSSR count). The Bertz CT molecular complexity index is 1610. The molecule has 8 heteroatoms. The highest BCUT2D eigenvalue weighted by Crippen LogP contribution is 2.43. The maximum absolute atomic E-state index is 9.28. The zero-order valence-corrected chi connectivity index (χ0v) is 25.8. The molecule has 3 heterocycles. The van der Waals surface area contributed by atoms with Gasteiger partial charge in [-0.25, -0.2) is 15.0 Å². The van der Waals surface area contributed by atoms with Crippen molar-refractivity contribution in [2.24, 2.45) is 0 Å². The monoisotopic (exact) mass is 564 g/mol. The van der Waals surface area contributed by atoms with Crippen LogP contribution in [-0.2, 0) is 4.43 Å². The van der Waals surface area contributed by atoms with Crippen LogP contribution in [0.15, 0.2) is 55.0 Å². The van der Waals surface area contributed by atoms with Gasteiger partial charge < -0.3 is 14.3 Å². The lowest BCUT2D eigenvalue weighted by Gasteiger charge is -2.43. The SMILES string of the molecule is CC(C)(C)[Si](C)(C)O[C@@H]1CCCC[C@H]1n1cnc2cc(-c3cc(C4CC4)cc(Nc4cc(C#N)ccn4)n3)ccc21. The Morgan fingerprint density at radius 3 is 2.54 bits per heavy atom. The first-order chi connectivity index (χ1) is 19.6. The smallest absolute Gasteiger partial charge is 0.192 e. The van der Waals surface area contributed by atoms with Crippen LogP contribution in [0.25, 0.3) is 22.3 Å². The van der Waals surface area contributed by atoms with Gasteiger partial charge in [-0.1, -0.05) is 39.7 Å². The summed E-state index contributed by atoms with van der Waals surface area (Å²) < 4.78 is 9.36. The van der Waals surface area contributed by atoms with Gasteiger partial charge in [-0.3, -0.25) is 0 Å². The second-order valence-corrected chi connectivity index (χ2v) is 18.0. The molecule has 2 fully saturated rings. The molecule has 1 aromatic carbocycles. The molecular formula is C33H40N6OSi. The molecule has 7 nitrogen and oxygen atoms in total. The molecule has 3 aromatic heterocycles. The highest BCUT2D eigenvalue weighted by molar-refractivity contribution is 6.74. The summed E-state index contributed by atoms with van der Waals surface area (Å²) in [7, 11) is -1.88. The van der Waals surface area contributed by atoms with Gasteiger partial charge in [0.1, 0.15) is 11.6 Å². The third-order valence-electron chi connectivity index (χ3n) is 9.19. The molecule has 0 unspecified atom stereocenters. The lowest BCUT2D eigenvalue weighted by molar-refractivity contribution is 0.0862. The molecule has 2 aliphatic rings. The number of fused-ring (bicyclic) bond motifs is 1. The lowest BCUT2D eigenvalue weighted by Crippen LogP contribution is -2.46. The van der Waals surface area contributed by atoms with E-state index in [1.807, 2.05) is 6.33 Å². The average molecular weight is 565 g/mol. The van der Waals surface area contributed by atoms with Gasteiger partial charge in [-0.05, 0) is 91.7 Å². The highest BCUT2D eigenvalue weighted by Gasteiger charge is 2.41. The molecular weight excluding hydrogens is 524 g/mol. The fourth-order valence-electron chi connectivity index (χ4n) is 5.66. The zero-order chi connectivity index (χ0) is 28.8. The van der Waals surface area contributed by atoms with E-state index in [0.29, 0.717) is 23.3 Å². The van der Waals surface area contributed by atoms with Crippen molar-refractivity contribution in [1.29, 1.82) is 5.26 Å². The number of hydrogen-bond acceptors (Lipinski definition) is 6. The minimum absolute atomic E-state index is 0.186. The summed E-state index contributed by atoms with van der Waals surface area (Å²) >= 11 is 0. The fourth-order valence-corrected chi connectivity index (χ4v) is 7.04. The van der Waals surface area contributed by atoms with E-state index in [1.165, 1.54) is 31.2 Å². The number of hydrogen-bond donors (Lipinski definition) is 1. The van der Waals surface area contributed by atoms with Crippen molar-refractivity contribution in [2.45, 2.75) is 95.5 Å². The first-order valence-electron chi connectivity index (χ1n) is 14.9. The van der Waals surface area contributed by atoms with Crippen LogP contribution in [0.5, 0.6) is 0 Å². The molecule has 2 aliphatic carbocycles. The predicted octanol–water partition coefficient (Wildman–Crippen LogP) is 8.49. The van der Waals surface area contributed by atoms with E-state index in [9.17, 15) is 5.26 Å². The number of rotatable bonds is 7. The molecule has 0 amide bonds. The van der Waals surface area contributed by atoms with Gasteiger partial charge in [0.25, 0.3) is 0 Å². The van der Waals surface area contributed by atoms with Crippen LogP contribution < -0.4 is 5.32 Å². The van der Waals surface area contributed by atoms with Crippen molar-refractivity contribution >= 4 is 31.0 Å². The van der Waals surface area contributed by atoms with Crippen LogP contribution in [0.3, 0.4) is 0 Å².